The van der Waals surface area contributed by atoms with Crippen LogP contribution >= 0.6 is 0 Å². The zero-order valence-electron chi connectivity index (χ0n) is 13.4. The molecule has 0 saturated carbocycles. The summed E-state index contributed by atoms with van der Waals surface area (Å²) in [5, 5.41) is 0. The summed E-state index contributed by atoms with van der Waals surface area (Å²) in [6.45, 7) is 0. The molecule has 118 valence electrons. The fourth-order valence-electron chi connectivity index (χ4n) is 2.76. The summed E-state index contributed by atoms with van der Waals surface area (Å²) in [5.41, 5.74) is 3.39. The number of hydrogen-bond donors (Lipinski definition) is 0. The van der Waals surface area contributed by atoms with E-state index in [0.717, 1.165) is 22.4 Å². The van der Waals surface area contributed by atoms with E-state index in [0.29, 0.717) is 23.5 Å². The molecule has 0 saturated heterocycles. The van der Waals surface area contributed by atoms with Gasteiger partial charge in [0.1, 0.15) is 5.75 Å². The first-order valence-electron chi connectivity index (χ1n) is 7.30. The van der Waals surface area contributed by atoms with Crippen molar-refractivity contribution in [1.82, 2.24) is 0 Å². The highest BCUT2D eigenvalue weighted by Crippen LogP contribution is 2.37. The van der Waals surface area contributed by atoms with E-state index >= 15 is 0 Å². The minimum absolute atomic E-state index is 0.0387. The van der Waals surface area contributed by atoms with Crippen molar-refractivity contribution >= 4 is 11.9 Å². The normalized spacial score (nSPS) is 14.7. The van der Waals surface area contributed by atoms with E-state index in [9.17, 15) is 4.79 Å². The number of fused-ring (bicyclic) bond motifs is 1. The van der Waals surface area contributed by atoms with Gasteiger partial charge in [-0.2, -0.15) is 0 Å². The summed E-state index contributed by atoms with van der Waals surface area (Å²) in [6.07, 6.45) is 2.52. The van der Waals surface area contributed by atoms with Crippen LogP contribution in [0.5, 0.6) is 17.2 Å². The van der Waals surface area contributed by atoms with Gasteiger partial charge in [0.15, 0.2) is 17.3 Å². The van der Waals surface area contributed by atoms with Gasteiger partial charge in [-0.05, 0) is 41.5 Å². The largest absolute Gasteiger partial charge is 0.497 e. The van der Waals surface area contributed by atoms with Crippen molar-refractivity contribution in [1.29, 1.82) is 0 Å². The van der Waals surface area contributed by atoms with Crippen LogP contribution < -0.4 is 14.2 Å². The average Bonchev–Trinajstić information content (AvgIpc) is 2.89. The lowest BCUT2D eigenvalue weighted by molar-refractivity contribution is 0.104. The molecule has 0 spiro atoms. The van der Waals surface area contributed by atoms with Gasteiger partial charge in [-0.25, -0.2) is 0 Å². The van der Waals surface area contributed by atoms with Gasteiger partial charge in [0, 0.05) is 17.6 Å². The Balaban J connectivity index is 1.94. The lowest BCUT2D eigenvalue weighted by atomic mass is 10.1. The second kappa shape index (κ2) is 6.16. The fraction of sp³-hybridized carbons (Fsp3) is 0.211. The molecule has 1 aliphatic rings. The smallest absolute Gasteiger partial charge is 0.189 e. The Labute approximate surface area is 135 Å². The molecular formula is C19H18O4. The molecule has 0 heterocycles. The highest BCUT2D eigenvalue weighted by atomic mass is 16.5. The zero-order chi connectivity index (χ0) is 16.4. The third-order valence-corrected chi connectivity index (χ3v) is 3.98. The summed E-state index contributed by atoms with van der Waals surface area (Å²) in [5.74, 6) is 2.05. The Morgan fingerprint density at radius 2 is 1.57 bits per heavy atom. The highest BCUT2D eigenvalue weighted by Gasteiger charge is 2.27. The first kappa shape index (κ1) is 15.2. The maximum absolute atomic E-state index is 12.6. The fourth-order valence-corrected chi connectivity index (χ4v) is 2.76. The molecule has 0 bridgehead atoms. The van der Waals surface area contributed by atoms with Crippen molar-refractivity contribution in [2.75, 3.05) is 21.3 Å². The topological polar surface area (TPSA) is 44.8 Å². The molecule has 1 aliphatic carbocycles. The monoisotopic (exact) mass is 310 g/mol. The Bertz CT molecular complexity index is 773. The molecule has 0 atom stereocenters. The number of hydrogen-bond acceptors (Lipinski definition) is 4. The molecule has 4 nitrogen and oxygen atoms in total. The van der Waals surface area contributed by atoms with Crippen LogP contribution in [0.3, 0.4) is 0 Å². The Morgan fingerprint density at radius 3 is 2.17 bits per heavy atom. The third kappa shape index (κ3) is 2.80. The van der Waals surface area contributed by atoms with Crippen LogP contribution in [-0.4, -0.2) is 27.1 Å². The van der Waals surface area contributed by atoms with E-state index in [1.54, 1.807) is 27.4 Å². The molecule has 4 heteroatoms. The molecule has 0 amide bonds. The number of ether oxygens (including phenoxy) is 3. The summed E-state index contributed by atoms with van der Waals surface area (Å²) in [6, 6.07) is 11.3. The Morgan fingerprint density at radius 1 is 0.913 bits per heavy atom. The van der Waals surface area contributed by atoms with Crippen molar-refractivity contribution in [3.8, 4) is 17.2 Å². The van der Waals surface area contributed by atoms with Gasteiger partial charge in [-0.3, -0.25) is 4.79 Å². The predicted octanol–water partition coefficient (Wildman–Crippen LogP) is 3.53. The van der Waals surface area contributed by atoms with Crippen LogP contribution in [0.15, 0.2) is 42.0 Å². The Kier molecular flexibility index (Phi) is 4.06. The van der Waals surface area contributed by atoms with E-state index in [2.05, 4.69) is 0 Å². The van der Waals surface area contributed by atoms with Crippen LogP contribution in [0.25, 0.3) is 6.08 Å². The standard InChI is InChI=1S/C19H18O4/c1-21-15-6-4-12(5-7-15)8-14-9-13-10-17(22-2)18(23-3)11-16(13)19(14)20/h4-8,10-11H,9H2,1-3H3/b14-8-. The Hall–Kier alpha value is -2.75. The number of carbonyl (C=O) groups is 1. The van der Waals surface area contributed by atoms with Gasteiger partial charge in [0.2, 0.25) is 0 Å². The van der Waals surface area contributed by atoms with Crippen LogP contribution in [-0.2, 0) is 6.42 Å². The summed E-state index contributed by atoms with van der Waals surface area (Å²) in [7, 11) is 4.79. The molecule has 0 N–H and O–H groups in total. The number of Topliss-reactive ketones (excluding diaryl/α,β-unsaturated/α-hetero) is 1. The first-order valence-corrected chi connectivity index (χ1v) is 7.30. The SMILES string of the molecule is COc1ccc(/C=C2/Cc3cc(OC)c(OC)cc3C2=O)cc1. The van der Waals surface area contributed by atoms with Gasteiger partial charge in [-0.1, -0.05) is 12.1 Å². The molecule has 2 aromatic rings. The number of benzene rings is 2. The van der Waals surface area contributed by atoms with E-state index < -0.39 is 0 Å². The molecule has 3 rings (SSSR count). The summed E-state index contributed by atoms with van der Waals surface area (Å²) < 4.78 is 15.7. The molecule has 0 fully saturated rings. The number of allylic oxidation sites excluding steroid dienone is 1. The zero-order valence-corrected chi connectivity index (χ0v) is 13.4. The molecule has 0 aromatic heterocycles. The predicted molar refractivity (Wildman–Crippen MR) is 88.6 cm³/mol. The van der Waals surface area contributed by atoms with Gasteiger partial charge < -0.3 is 14.2 Å². The number of ketones is 1. The van der Waals surface area contributed by atoms with Crippen LogP contribution in [0.1, 0.15) is 21.5 Å². The first-order chi connectivity index (χ1) is 11.2. The van der Waals surface area contributed by atoms with Crippen molar-refractivity contribution in [3.63, 3.8) is 0 Å². The highest BCUT2D eigenvalue weighted by molar-refractivity contribution is 6.15. The van der Waals surface area contributed by atoms with E-state index in [4.69, 9.17) is 14.2 Å². The second-order valence-corrected chi connectivity index (χ2v) is 5.31. The summed E-state index contributed by atoms with van der Waals surface area (Å²) >= 11 is 0. The number of methoxy groups -OCH3 is 3. The number of carbonyl (C=O) groups excluding carboxylic acids is 1. The lowest BCUT2D eigenvalue weighted by Gasteiger charge is -2.08. The third-order valence-electron chi connectivity index (χ3n) is 3.98. The van der Waals surface area contributed by atoms with Crippen LogP contribution in [0.4, 0.5) is 0 Å². The van der Waals surface area contributed by atoms with Crippen LogP contribution in [0, 0.1) is 0 Å². The van der Waals surface area contributed by atoms with Gasteiger partial charge >= 0.3 is 0 Å². The molecular weight excluding hydrogens is 292 g/mol. The molecule has 2 aromatic carbocycles. The van der Waals surface area contributed by atoms with Gasteiger partial charge in [0.25, 0.3) is 0 Å². The van der Waals surface area contributed by atoms with Crippen molar-refractivity contribution in [2.45, 2.75) is 6.42 Å². The van der Waals surface area contributed by atoms with E-state index in [1.165, 1.54) is 0 Å². The van der Waals surface area contributed by atoms with Crippen molar-refractivity contribution in [2.24, 2.45) is 0 Å². The minimum atomic E-state index is 0.0387. The summed E-state index contributed by atoms with van der Waals surface area (Å²) in [4.78, 5) is 12.6. The average molecular weight is 310 g/mol. The van der Waals surface area contributed by atoms with E-state index in [-0.39, 0.29) is 5.78 Å². The number of rotatable bonds is 4. The molecule has 0 radical (unpaired) electrons. The van der Waals surface area contributed by atoms with E-state index in [1.807, 2.05) is 36.4 Å². The maximum Gasteiger partial charge on any atom is 0.189 e. The van der Waals surface area contributed by atoms with Gasteiger partial charge in [-0.15, -0.1) is 0 Å². The van der Waals surface area contributed by atoms with Crippen molar-refractivity contribution in [3.05, 3.63) is 58.7 Å². The van der Waals surface area contributed by atoms with Gasteiger partial charge in [0.05, 0.1) is 21.3 Å². The quantitative estimate of drug-likeness (QED) is 0.810. The molecule has 0 unspecified atom stereocenters. The lowest BCUT2D eigenvalue weighted by Crippen LogP contribution is -1.97. The minimum Gasteiger partial charge on any atom is -0.497 e. The maximum atomic E-state index is 12.6. The molecule has 0 aliphatic heterocycles. The second-order valence-electron chi connectivity index (χ2n) is 5.31. The molecule has 23 heavy (non-hydrogen) atoms. The van der Waals surface area contributed by atoms with Crippen molar-refractivity contribution < 1.29 is 19.0 Å². The van der Waals surface area contributed by atoms with Crippen LogP contribution in [0.2, 0.25) is 0 Å².